The van der Waals surface area contributed by atoms with Gasteiger partial charge in [0.25, 0.3) is 0 Å². The largest absolute Gasteiger partial charge is 0.387 e. The first-order chi connectivity index (χ1) is 28.0. The highest BCUT2D eigenvalue weighted by molar-refractivity contribution is 5.18. The average Bonchev–Trinajstić information content (AvgIpc) is 3.26. The van der Waals surface area contributed by atoms with Gasteiger partial charge in [-0.05, 0) is 36.5 Å². The second-order valence-electron chi connectivity index (χ2n) is 15.3. The molecule has 4 fully saturated rings. The first-order valence-electron chi connectivity index (χ1n) is 20.3. The molecule has 3 saturated heterocycles. The van der Waals surface area contributed by atoms with Gasteiger partial charge in [0.2, 0.25) is 0 Å². The molecule has 11 heteroatoms. The van der Waals surface area contributed by atoms with Crippen LogP contribution in [-0.4, -0.2) is 90.4 Å². The molecule has 11 nitrogen and oxygen atoms in total. The zero-order valence-corrected chi connectivity index (χ0v) is 32.3. The highest BCUT2D eigenvalue weighted by atomic mass is 16.8. The van der Waals surface area contributed by atoms with Gasteiger partial charge in [-0.3, -0.25) is 0 Å². The summed E-state index contributed by atoms with van der Waals surface area (Å²) >= 11 is 0. The molecule has 13 atom stereocenters. The number of aliphatic hydroxyl groups is 2. The predicted molar refractivity (Wildman–Crippen MR) is 208 cm³/mol. The molecule has 0 spiro atoms. The third kappa shape index (κ3) is 10.0. The van der Waals surface area contributed by atoms with Crippen LogP contribution >= 0.6 is 0 Å². The van der Waals surface area contributed by atoms with Crippen LogP contribution in [0.1, 0.15) is 61.2 Å². The van der Waals surface area contributed by atoms with Crippen LogP contribution in [-0.2, 0) is 62.5 Å². The summed E-state index contributed by atoms with van der Waals surface area (Å²) < 4.78 is 58.7. The van der Waals surface area contributed by atoms with Gasteiger partial charge in [-0.2, -0.15) is 0 Å². The number of hydrogen-bond acceptors (Lipinski definition) is 11. The van der Waals surface area contributed by atoms with Crippen LogP contribution in [0, 0.1) is 0 Å². The van der Waals surface area contributed by atoms with Crippen molar-refractivity contribution in [2.45, 2.75) is 132 Å². The molecule has 4 aromatic carbocycles. The molecule has 13 unspecified atom stereocenters. The number of rotatable bonds is 14. The molecule has 0 radical (unpaired) electrons. The summed E-state index contributed by atoms with van der Waals surface area (Å²) in [7, 11) is 0. The van der Waals surface area contributed by atoms with Crippen molar-refractivity contribution in [1.82, 2.24) is 0 Å². The van der Waals surface area contributed by atoms with Gasteiger partial charge in [0.15, 0.2) is 18.9 Å². The number of aliphatic hydroxyl groups excluding tert-OH is 2. The third-order valence-electron chi connectivity index (χ3n) is 11.2. The normalized spacial score (nSPS) is 34.3. The third-order valence-corrected chi connectivity index (χ3v) is 11.2. The van der Waals surface area contributed by atoms with E-state index >= 15 is 0 Å². The summed E-state index contributed by atoms with van der Waals surface area (Å²) in [6.45, 7) is 3.18. The van der Waals surface area contributed by atoms with E-state index in [1.54, 1.807) is 0 Å². The van der Waals surface area contributed by atoms with E-state index in [1.165, 1.54) is 0 Å². The second-order valence-corrected chi connectivity index (χ2v) is 15.3. The van der Waals surface area contributed by atoms with E-state index in [4.69, 9.17) is 42.6 Å². The molecular formula is C46H54O11. The van der Waals surface area contributed by atoms with Crippen LogP contribution in [0.3, 0.4) is 0 Å². The van der Waals surface area contributed by atoms with E-state index in [0.29, 0.717) is 32.7 Å². The van der Waals surface area contributed by atoms with Gasteiger partial charge in [0.05, 0.1) is 44.7 Å². The Balaban J connectivity index is 0.996. The Labute approximate surface area is 334 Å². The minimum absolute atomic E-state index is 0.171. The lowest BCUT2D eigenvalue weighted by Crippen LogP contribution is -2.63. The summed E-state index contributed by atoms with van der Waals surface area (Å²) in [5, 5.41) is 22.6. The van der Waals surface area contributed by atoms with Crippen molar-refractivity contribution < 1.29 is 52.8 Å². The van der Waals surface area contributed by atoms with E-state index < -0.39 is 79.9 Å². The lowest BCUT2D eigenvalue weighted by atomic mass is 9.93. The molecule has 1 aliphatic carbocycles. The number of hydrogen-bond donors (Lipinski definition) is 2. The fourth-order valence-corrected chi connectivity index (χ4v) is 8.17. The summed E-state index contributed by atoms with van der Waals surface area (Å²) in [5.41, 5.74) is 3.90. The van der Waals surface area contributed by atoms with Crippen molar-refractivity contribution in [3.05, 3.63) is 144 Å². The summed E-state index contributed by atoms with van der Waals surface area (Å²) in [6.07, 6.45) is -6.50. The fraction of sp³-hybridized carbons (Fsp3) is 0.478. The van der Waals surface area contributed by atoms with Crippen molar-refractivity contribution >= 4 is 0 Å². The number of ether oxygens (including phenoxy) is 9. The highest BCUT2D eigenvalue weighted by Crippen LogP contribution is 2.38. The minimum Gasteiger partial charge on any atom is -0.387 e. The van der Waals surface area contributed by atoms with Crippen LogP contribution in [0.15, 0.2) is 121 Å². The van der Waals surface area contributed by atoms with Crippen molar-refractivity contribution in [1.29, 1.82) is 0 Å². The van der Waals surface area contributed by atoms with E-state index in [-0.39, 0.29) is 6.61 Å². The van der Waals surface area contributed by atoms with Crippen LogP contribution in [0.4, 0.5) is 0 Å². The monoisotopic (exact) mass is 782 g/mol. The molecular weight excluding hydrogens is 728 g/mol. The van der Waals surface area contributed by atoms with E-state index in [0.717, 1.165) is 35.1 Å². The number of fused-ring (bicyclic) bond motifs is 1. The summed E-state index contributed by atoms with van der Waals surface area (Å²) in [4.78, 5) is 0. The van der Waals surface area contributed by atoms with E-state index in [2.05, 4.69) is 0 Å². The van der Waals surface area contributed by atoms with Crippen LogP contribution < -0.4 is 0 Å². The zero-order chi connectivity index (χ0) is 39.0. The molecule has 0 aromatic heterocycles. The molecule has 0 amide bonds. The van der Waals surface area contributed by atoms with E-state index in [1.807, 2.05) is 128 Å². The lowest BCUT2D eigenvalue weighted by molar-refractivity contribution is -0.376. The first-order valence-corrected chi connectivity index (χ1v) is 20.3. The maximum Gasteiger partial charge on any atom is 0.187 e. The van der Waals surface area contributed by atoms with Crippen molar-refractivity contribution in [3.63, 3.8) is 0 Å². The lowest BCUT2D eigenvalue weighted by Gasteiger charge is -2.48. The quantitative estimate of drug-likeness (QED) is 0.148. The standard InChI is InChI=1S/C46H54O11/c1-30-40(49-26-31-16-6-2-7-17-31)42(50-27-32-18-8-3-9-19-32)43(51-28-33-20-10-4-11-21-33)46(53-30)55-36-25-15-14-24-35(36)54-45-39(48)38(47)41-37(56-45)29-52-44(57-41)34-22-12-5-13-23-34/h2-13,16-23,30,35-48H,14-15,24-29H2,1H3. The van der Waals surface area contributed by atoms with Crippen molar-refractivity contribution in [3.8, 4) is 0 Å². The van der Waals surface area contributed by atoms with Gasteiger partial charge in [0, 0.05) is 5.56 Å². The molecule has 57 heavy (non-hydrogen) atoms. The molecule has 3 heterocycles. The molecule has 8 rings (SSSR count). The van der Waals surface area contributed by atoms with E-state index in [9.17, 15) is 10.2 Å². The molecule has 3 aliphatic heterocycles. The average molecular weight is 783 g/mol. The number of benzene rings is 4. The second kappa shape index (κ2) is 19.5. The fourth-order valence-electron chi connectivity index (χ4n) is 8.17. The Hall–Kier alpha value is -3.56. The zero-order valence-electron chi connectivity index (χ0n) is 32.3. The topological polar surface area (TPSA) is 124 Å². The highest BCUT2D eigenvalue weighted by Gasteiger charge is 2.52. The SMILES string of the molecule is CC1OC(OC2CCCCC2OC2OC3COC(c4ccccc4)OC3C(O)C2O)C(OCc2ccccc2)C(OCc2ccccc2)C1OCc1ccccc1. The van der Waals surface area contributed by atoms with Crippen LogP contribution in [0.25, 0.3) is 0 Å². The molecule has 2 N–H and O–H groups in total. The summed E-state index contributed by atoms with van der Waals surface area (Å²) in [5.74, 6) is 0. The predicted octanol–water partition coefficient (Wildman–Crippen LogP) is 6.39. The van der Waals surface area contributed by atoms with Gasteiger partial charge in [-0.15, -0.1) is 0 Å². The van der Waals surface area contributed by atoms with Gasteiger partial charge < -0.3 is 52.8 Å². The Morgan fingerprint density at radius 3 is 1.60 bits per heavy atom. The molecule has 4 aliphatic rings. The maximum atomic E-state index is 11.3. The Morgan fingerprint density at radius 2 is 1.04 bits per heavy atom. The van der Waals surface area contributed by atoms with Gasteiger partial charge >= 0.3 is 0 Å². The summed E-state index contributed by atoms with van der Waals surface area (Å²) in [6, 6.07) is 39.6. The Bertz CT molecular complexity index is 1770. The molecule has 1 saturated carbocycles. The Morgan fingerprint density at radius 1 is 0.544 bits per heavy atom. The van der Waals surface area contributed by atoms with Crippen molar-refractivity contribution in [2.75, 3.05) is 6.61 Å². The minimum atomic E-state index is -1.35. The smallest absolute Gasteiger partial charge is 0.187 e. The van der Waals surface area contributed by atoms with Crippen LogP contribution in [0.5, 0.6) is 0 Å². The molecule has 0 bridgehead atoms. The van der Waals surface area contributed by atoms with Crippen LogP contribution in [0.2, 0.25) is 0 Å². The van der Waals surface area contributed by atoms with Gasteiger partial charge in [-0.25, -0.2) is 0 Å². The maximum absolute atomic E-state index is 11.3. The molecule has 4 aromatic rings. The Kier molecular flexibility index (Phi) is 13.7. The molecule has 304 valence electrons. The van der Waals surface area contributed by atoms with Crippen molar-refractivity contribution in [2.24, 2.45) is 0 Å². The van der Waals surface area contributed by atoms with Gasteiger partial charge in [0.1, 0.15) is 42.7 Å². The first kappa shape index (κ1) is 40.2. The van der Waals surface area contributed by atoms with Gasteiger partial charge in [-0.1, -0.05) is 134 Å².